The summed E-state index contributed by atoms with van der Waals surface area (Å²) in [5, 5.41) is 3.42. The van der Waals surface area contributed by atoms with Crippen molar-refractivity contribution in [3.8, 4) is 0 Å². The second kappa shape index (κ2) is 7.18. The van der Waals surface area contributed by atoms with Gasteiger partial charge in [-0.25, -0.2) is 9.37 Å². The molecule has 112 valence electrons. The molecule has 1 unspecified atom stereocenters. The van der Waals surface area contributed by atoms with Gasteiger partial charge in [-0.1, -0.05) is 25.1 Å². The van der Waals surface area contributed by atoms with Crippen molar-refractivity contribution < 1.29 is 4.39 Å². The molecule has 4 heteroatoms. The molecule has 0 aliphatic carbocycles. The molecule has 0 spiro atoms. The second-order valence-electron chi connectivity index (χ2n) is 5.14. The van der Waals surface area contributed by atoms with Gasteiger partial charge < -0.3 is 10.2 Å². The molecule has 0 amide bonds. The van der Waals surface area contributed by atoms with E-state index in [0.29, 0.717) is 5.69 Å². The number of para-hydroxylation sites is 1. The number of hydrogen-bond acceptors (Lipinski definition) is 3. The first-order valence-corrected chi connectivity index (χ1v) is 7.31. The fraction of sp³-hybridized carbons (Fsp3) is 0.353. The van der Waals surface area contributed by atoms with Gasteiger partial charge in [0, 0.05) is 19.3 Å². The highest BCUT2D eigenvalue weighted by molar-refractivity contribution is 5.59. The van der Waals surface area contributed by atoms with E-state index in [0.717, 1.165) is 24.3 Å². The highest BCUT2D eigenvalue weighted by Crippen LogP contribution is 2.25. The molecule has 3 nitrogen and oxygen atoms in total. The normalized spacial score (nSPS) is 12.2. The van der Waals surface area contributed by atoms with Crippen molar-refractivity contribution in [3.05, 3.63) is 54.0 Å². The van der Waals surface area contributed by atoms with E-state index in [4.69, 9.17) is 0 Å². The molecule has 0 radical (unpaired) electrons. The summed E-state index contributed by atoms with van der Waals surface area (Å²) in [6, 6.07) is 10.9. The van der Waals surface area contributed by atoms with Gasteiger partial charge in [0.2, 0.25) is 0 Å². The lowest BCUT2D eigenvalue weighted by Crippen LogP contribution is -2.19. The molecule has 0 bridgehead atoms. The van der Waals surface area contributed by atoms with Crippen LogP contribution >= 0.6 is 0 Å². The minimum atomic E-state index is -0.246. The highest BCUT2D eigenvalue weighted by atomic mass is 19.1. The zero-order valence-electron chi connectivity index (χ0n) is 12.8. The fourth-order valence-corrected chi connectivity index (χ4v) is 2.18. The van der Waals surface area contributed by atoms with Crippen LogP contribution in [0.1, 0.15) is 31.9 Å². The van der Waals surface area contributed by atoms with Crippen molar-refractivity contribution in [1.82, 2.24) is 10.3 Å². The predicted molar refractivity (Wildman–Crippen MR) is 85.4 cm³/mol. The van der Waals surface area contributed by atoms with Crippen LogP contribution in [0.5, 0.6) is 0 Å². The van der Waals surface area contributed by atoms with Gasteiger partial charge in [-0.15, -0.1) is 0 Å². The lowest BCUT2D eigenvalue weighted by molar-refractivity contribution is 0.569. The van der Waals surface area contributed by atoms with E-state index in [1.807, 2.05) is 31.4 Å². The Labute approximate surface area is 125 Å². The maximum atomic E-state index is 13.8. The number of pyridine rings is 1. The highest BCUT2D eigenvalue weighted by Gasteiger charge is 2.11. The molecule has 1 N–H and O–H groups in total. The lowest BCUT2D eigenvalue weighted by Gasteiger charge is -2.20. The summed E-state index contributed by atoms with van der Waals surface area (Å²) in [4.78, 5) is 6.20. The van der Waals surface area contributed by atoms with Crippen LogP contribution in [0.15, 0.2) is 42.6 Å². The van der Waals surface area contributed by atoms with E-state index in [-0.39, 0.29) is 11.9 Å². The average molecular weight is 287 g/mol. The largest absolute Gasteiger partial charge is 0.327 e. The number of nitrogens with zero attached hydrogens (tertiary/aromatic N) is 2. The van der Waals surface area contributed by atoms with E-state index >= 15 is 0 Å². The van der Waals surface area contributed by atoms with Crippen LogP contribution in [0, 0.1) is 5.82 Å². The minimum Gasteiger partial charge on any atom is -0.327 e. The van der Waals surface area contributed by atoms with Crippen LogP contribution in [0.3, 0.4) is 0 Å². The molecule has 1 aromatic carbocycles. The summed E-state index contributed by atoms with van der Waals surface area (Å²) in [5.74, 6) is 0.482. The van der Waals surface area contributed by atoms with Gasteiger partial charge in [0.25, 0.3) is 0 Å². The number of aromatic nitrogens is 1. The van der Waals surface area contributed by atoms with Crippen molar-refractivity contribution in [2.24, 2.45) is 0 Å². The van der Waals surface area contributed by atoms with Gasteiger partial charge in [-0.05, 0) is 43.7 Å². The summed E-state index contributed by atoms with van der Waals surface area (Å²) < 4.78 is 13.8. The zero-order chi connectivity index (χ0) is 15.2. The molecule has 0 saturated carbocycles. The van der Waals surface area contributed by atoms with Crippen LogP contribution in [-0.2, 0) is 0 Å². The molecular formula is C17H22FN3. The Morgan fingerprint density at radius 3 is 2.62 bits per heavy atom. The number of hydrogen-bond donors (Lipinski definition) is 1. The summed E-state index contributed by atoms with van der Waals surface area (Å²) >= 11 is 0. The first-order valence-electron chi connectivity index (χ1n) is 7.31. The molecule has 0 aliphatic heterocycles. The smallest absolute Gasteiger partial charge is 0.146 e. The van der Waals surface area contributed by atoms with Gasteiger partial charge in [-0.2, -0.15) is 0 Å². The van der Waals surface area contributed by atoms with Gasteiger partial charge in [0.05, 0.1) is 5.69 Å². The van der Waals surface area contributed by atoms with Crippen LogP contribution < -0.4 is 10.2 Å². The zero-order valence-corrected chi connectivity index (χ0v) is 12.8. The minimum absolute atomic E-state index is 0.246. The Morgan fingerprint density at radius 1 is 1.24 bits per heavy atom. The summed E-state index contributed by atoms with van der Waals surface area (Å²) in [6.45, 7) is 5.25. The molecule has 0 fully saturated rings. The van der Waals surface area contributed by atoms with Crippen LogP contribution in [0.4, 0.5) is 15.9 Å². The molecule has 1 heterocycles. The van der Waals surface area contributed by atoms with Gasteiger partial charge >= 0.3 is 0 Å². The Hall–Kier alpha value is -1.94. The number of anilines is 2. The number of benzene rings is 1. The SMILES string of the molecule is CCCNC(C)c1ccc(N(C)c2ccccc2F)nc1. The molecular weight excluding hydrogens is 265 g/mol. The quantitative estimate of drug-likeness (QED) is 0.868. The molecule has 0 aliphatic rings. The van der Waals surface area contributed by atoms with Gasteiger partial charge in [0.15, 0.2) is 0 Å². The standard InChI is InChI=1S/C17H22FN3/c1-4-11-19-13(2)14-9-10-17(20-12-14)21(3)16-8-6-5-7-15(16)18/h5-10,12-13,19H,4,11H2,1-3H3. The molecule has 2 aromatic rings. The van der Waals surface area contributed by atoms with Crippen molar-refractivity contribution in [2.75, 3.05) is 18.5 Å². The van der Waals surface area contributed by atoms with Crippen molar-refractivity contribution in [2.45, 2.75) is 26.3 Å². The van der Waals surface area contributed by atoms with Gasteiger partial charge in [-0.3, -0.25) is 0 Å². The monoisotopic (exact) mass is 287 g/mol. The van der Waals surface area contributed by atoms with Crippen molar-refractivity contribution in [3.63, 3.8) is 0 Å². The predicted octanol–water partition coefficient (Wildman–Crippen LogP) is 4.05. The Morgan fingerprint density at radius 2 is 2.00 bits per heavy atom. The second-order valence-corrected chi connectivity index (χ2v) is 5.14. The Balaban J connectivity index is 2.13. The first kappa shape index (κ1) is 15.4. The van der Waals surface area contributed by atoms with E-state index in [1.165, 1.54) is 6.07 Å². The number of rotatable bonds is 6. The number of halogens is 1. The van der Waals surface area contributed by atoms with Crippen LogP contribution in [-0.4, -0.2) is 18.6 Å². The van der Waals surface area contributed by atoms with Crippen LogP contribution in [0.2, 0.25) is 0 Å². The van der Waals surface area contributed by atoms with E-state index in [1.54, 1.807) is 17.0 Å². The van der Waals surface area contributed by atoms with Gasteiger partial charge in [0.1, 0.15) is 11.6 Å². The summed E-state index contributed by atoms with van der Waals surface area (Å²) in [5.41, 5.74) is 1.66. The molecule has 1 atom stereocenters. The van der Waals surface area contributed by atoms with Crippen molar-refractivity contribution >= 4 is 11.5 Å². The van der Waals surface area contributed by atoms with E-state index in [2.05, 4.69) is 24.1 Å². The average Bonchev–Trinajstić information content (AvgIpc) is 2.52. The Bertz CT molecular complexity index is 569. The Kier molecular flexibility index (Phi) is 5.28. The molecule has 0 saturated heterocycles. The third-order valence-corrected chi connectivity index (χ3v) is 3.53. The summed E-state index contributed by atoms with van der Waals surface area (Å²) in [6.07, 6.45) is 2.95. The lowest BCUT2D eigenvalue weighted by atomic mass is 10.1. The third-order valence-electron chi connectivity index (χ3n) is 3.53. The number of nitrogens with one attached hydrogen (secondary N) is 1. The van der Waals surface area contributed by atoms with E-state index in [9.17, 15) is 4.39 Å². The maximum Gasteiger partial charge on any atom is 0.146 e. The molecule has 21 heavy (non-hydrogen) atoms. The van der Waals surface area contributed by atoms with Crippen molar-refractivity contribution in [1.29, 1.82) is 0 Å². The summed E-state index contributed by atoms with van der Waals surface area (Å²) in [7, 11) is 1.82. The topological polar surface area (TPSA) is 28.2 Å². The van der Waals surface area contributed by atoms with Crippen LogP contribution in [0.25, 0.3) is 0 Å². The fourth-order valence-electron chi connectivity index (χ4n) is 2.18. The third kappa shape index (κ3) is 3.79. The van der Waals surface area contributed by atoms with E-state index < -0.39 is 0 Å². The molecule has 2 rings (SSSR count). The first-order chi connectivity index (χ1) is 10.1. The maximum absolute atomic E-state index is 13.8. The molecule has 1 aromatic heterocycles.